The molecule has 22 heavy (non-hydrogen) atoms. The maximum Gasteiger partial charge on any atom is 0.135 e. The minimum atomic E-state index is -0.377. The Bertz CT molecular complexity index is 448. The minimum absolute atomic E-state index is 0.377. The summed E-state index contributed by atoms with van der Waals surface area (Å²) in [5.74, 6) is 1.17. The Hall–Kier alpha value is -0.880. The SMILES string of the molecule is CC(C)N(/C(=N/P(C(C)C)C(C)C)c1ccccc1)C(C)C. The van der Waals surface area contributed by atoms with Gasteiger partial charge in [0.2, 0.25) is 0 Å². The highest BCUT2D eigenvalue weighted by Crippen LogP contribution is 2.48. The van der Waals surface area contributed by atoms with E-state index in [2.05, 4.69) is 90.6 Å². The molecule has 2 nitrogen and oxygen atoms in total. The van der Waals surface area contributed by atoms with Crippen molar-refractivity contribution in [2.75, 3.05) is 0 Å². The van der Waals surface area contributed by atoms with Crippen LogP contribution in [-0.4, -0.2) is 34.1 Å². The van der Waals surface area contributed by atoms with E-state index in [1.165, 1.54) is 11.4 Å². The lowest BCUT2D eigenvalue weighted by Crippen LogP contribution is -2.42. The van der Waals surface area contributed by atoms with Crippen LogP contribution in [0.15, 0.2) is 35.1 Å². The van der Waals surface area contributed by atoms with E-state index in [-0.39, 0.29) is 8.07 Å². The summed E-state index contributed by atoms with van der Waals surface area (Å²) >= 11 is 0. The molecule has 0 unspecified atom stereocenters. The molecule has 0 amide bonds. The highest BCUT2D eigenvalue weighted by atomic mass is 31.1. The molecule has 1 aromatic rings. The zero-order valence-electron chi connectivity index (χ0n) is 15.5. The zero-order valence-corrected chi connectivity index (χ0v) is 16.4. The van der Waals surface area contributed by atoms with Crippen molar-refractivity contribution in [3.63, 3.8) is 0 Å². The number of hydrogen-bond acceptors (Lipinski definition) is 1. The van der Waals surface area contributed by atoms with Gasteiger partial charge in [-0.15, -0.1) is 0 Å². The molecule has 0 spiro atoms. The molecule has 0 saturated heterocycles. The van der Waals surface area contributed by atoms with Crippen molar-refractivity contribution in [1.29, 1.82) is 0 Å². The Morgan fingerprint density at radius 2 is 1.27 bits per heavy atom. The highest BCUT2D eigenvalue weighted by molar-refractivity contribution is 7.57. The summed E-state index contributed by atoms with van der Waals surface area (Å²) in [4.78, 5) is 2.45. The molecule has 0 aliphatic carbocycles. The summed E-state index contributed by atoms with van der Waals surface area (Å²) in [6.07, 6.45) is 0. The van der Waals surface area contributed by atoms with Crippen LogP contribution in [0, 0.1) is 0 Å². The van der Waals surface area contributed by atoms with Crippen LogP contribution in [0.25, 0.3) is 0 Å². The van der Waals surface area contributed by atoms with Gasteiger partial charge in [0.15, 0.2) is 0 Å². The number of nitrogens with zero attached hydrogens (tertiary/aromatic N) is 2. The third-order valence-electron chi connectivity index (χ3n) is 3.66. The maximum absolute atomic E-state index is 5.30. The zero-order chi connectivity index (χ0) is 16.9. The van der Waals surface area contributed by atoms with Crippen LogP contribution in [0.1, 0.15) is 61.0 Å². The summed E-state index contributed by atoms with van der Waals surface area (Å²) < 4.78 is 5.30. The normalized spacial score (nSPS) is 13.0. The Balaban J connectivity index is 3.39. The molecule has 0 aliphatic heterocycles. The Labute approximate surface area is 138 Å². The molecule has 124 valence electrons. The quantitative estimate of drug-likeness (QED) is 0.369. The van der Waals surface area contributed by atoms with E-state index >= 15 is 0 Å². The fourth-order valence-electron chi connectivity index (χ4n) is 2.87. The largest absolute Gasteiger partial charge is 0.351 e. The van der Waals surface area contributed by atoms with E-state index in [0.29, 0.717) is 23.4 Å². The van der Waals surface area contributed by atoms with E-state index in [1.54, 1.807) is 0 Å². The highest BCUT2D eigenvalue weighted by Gasteiger charge is 2.23. The average molecular weight is 320 g/mol. The van der Waals surface area contributed by atoms with Gasteiger partial charge >= 0.3 is 0 Å². The molecule has 0 aliphatic rings. The topological polar surface area (TPSA) is 15.6 Å². The molecular weight excluding hydrogens is 287 g/mol. The summed E-state index contributed by atoms with van der Waals surface area (Å²) in [6.45, 7) is 18.2. The predicted molar refractivity (Wildman–Crippen MR) is 102 cm³/mol. The third kappa shape index (κ3) is 5.09. The van der Waals surface area contributed by atoms with Crippen molar-refractivity contribution in [3.8, 4) is 0 Å². The van der Waals surface area contributed by atoms with E-state index in [4.69, 9.17) is 4.76 Å². The monoisotopic (exact) mass is 320 g/mol. The van der Waals surface area contributed by atoms with Gasteiger partial charge in [0.1, 0.15) is 5.84 Å². The van der Waals surface area contributed by atoms with E-state index in [0.717, 1.165) is 0 Å². The molecule has 0 radical (unpaired) electrons. The van der Waals surface area contributed by atoms with Gasteiger partial charge in [-0.25, -0.2) is 4.76 Å². The van der Waals surface area contributed by atoms with Crippen LogP contribution >= 0.6 is 8.07 Å². The van der Waals surface area contributed by atoms with Crippen LogP contribution in [0.5, 0.6) is 0 Å². The first-order valence-corrected chi connectivity index (χ1v) is 9.89. The molecule has 1 rings (SSSR count). The van der Waals surface area contributed by atoms with Crippen LogP contribution in [0.4, 0.5) is 0 Å². The standard InChI is InChI=1S/C19H33N2P/c1-14(2)21(15(3)4)19(18-12-10-9-11-13-18)20-22(16(5)6)17(7)8/h9-17H,1-8H3/b20-19+. The maximum atomic E-state index is 5.30. The lowest BCUT2D eigenvalue weighted by molar-refractivity contribution is 0.293. The third-order valence-corrected chi connectivity index (χ3v) is 6.19. The first-order chi connectivity index (χ1) is 10.3. The lowest BCUT2D eigenvalue weighted by Gasteiger charge is -2.36. The molecule has 0 aromatic heterocycles. The van der Waals surface area contributed by atoms with Crippen LogP contribution in [0.2, 0.25) is 0 Å². The van der Waals surface area contributed by atoms with Gasteiger partial charge in [-0.3, -0.25) is 0 Å². The fraction of sp³-hybridized carbons (Fsp3) is 0.632. The molecule has 3 heteroatoms. The molecule has 0 saturated carbocycles. The van der Waals surface area contributed by atoms with Gasteiger partial charge in [0.25, 0.3) is 0 Å². The predicted octanol–water partition coefficient (Wildman–Crippen LogP) is 5.77. The molecule has 0 N–H and O–H groups in total. The van der Waals surface area contributed by atoms with Gasteiger partial charge < -0.3 is 4.90 Å². The number of hydrogen-bond donors (Lipinski definition) is 0. The molecule has 0 bridgehead atoms. The van der Waals surface area contributed by atoms with Crippen molar-refractivity contribution >= 4 is 13.9 Å². The summed E-state index contributed by atoms with van der Waals surface area (Å²) in [5.41, 5.74) is 2.45. The van der Waals surface area contributed by atoms with Crippen molar-refractivity contribution < 1.29 is 0 Å². The van der Waals surface area contributed by atoms with Crippen LogP contribution in [-0.2, 0) is 0 Å². The van der Waals surface area contributed by atoms with Crippen molar-refractivity contribution in [1.82, 2.24) is 4.90 Å². The van der Waals surface area contributed by atoms with Crippen molar-refractivity contribution in [2.24, 2.45) is 4.76 Å². The molecule has 0 fully saturated rings. The smallest absolute Gasteiger partial charge is 0.135 e. The Morgan fingerprint density at radius 1 is 0.818 bits per heavy atom. The number of benzene rings is 1. The Morgan fingerprint density at radius 3 is 1.64 bits per heavy atom. The number of rotatable bonds is 6. The summed E-state index contributed by atoms with van der Waals surface area (Å²) in [5, 5.41) is 0. The van der Waals surface area contributed by atoms with Gasteiger partial charge in [0, 0.05) is 25.7 Å². The van der Waals surface area contributed by atoms with Crippen molar-refractivity contribution in [2.45, 2.75) is 78.8 Å². The molecule has 1 aromatic carbocycles. The number of amidine groups is 1. The van der Waals surface area contributed by atoms with Crippen molar-refractivity contribution in [3.05, 3.63) is 35.9 Å². The van der Waals surface area contributed by atoms with E-state index in [1.807, 2.05) is 0 Å². The summed E-state index contributed by atoms with van der Waals surface area (Å²) in [6, 6.07) is 11.5. The second kappa shape index (κ2) is 8.67. The van der Waals surface area contributed by atoms with Gasteiger partial charge in [-0.2, -0.15) is 0 Å². The average Bonchev–Trinajstić information content (AvgIpc) is 2.42. The second-order valence-electron chi connectivity index (χ2n) is 6.95. The van der Waals surface area contributed by atoms with Gasteiger partial charge in [-0.05, 0) is 39.0 Å². The van der Waals surface area contributed by atoms with Crippen LogP contribution < -0.4 is 0 Å². The molecular formula is C19H33N2P. The van der Waals surface area contributed by atoms with E-state index < -0.39 is 0 Å². The molecule has 0 heterocycles. The first-order valence-electron chi connectivity index (χ1n) is 8.46. The van der Waals surface area contributed by atoms with Gasteiger partial charge in [-0.1, -0.05) is 58.0 Å². The lowest BCUT2D eigenvalue weighted by atomic mass is 10.1. The summed E-state index contributed by atoms with van der Waals surface area (Å²) in [7, 11) is -0.377. The minimum Gasteiger partial charge on any atom is -0.351 e. The molecule has 0 atom stereocenters. The first kappa shape index (κ1) is 19.2. The second-order valence-corrected chi connectivity index (χ2v) is 9.98. The Kier molecular flexibility index (Phi) is 7.56. The van der Waals surface area contributed by atoms with Crippen LogP contribution in [0.3, 0.4) is 0 Å². The van der Waals surface area contributed by atoms with Gasteiger partial charge in [0.05, 0.1) is 0 Å². The fourth-order valence-corrected chi connectivity index (χ4v) is 4.96. The van der Waals surface area contributed by atoms with E-state index in [9.17, 15) is 0 Å².